The van der Waals surface area contributed by atoms with E-state index in [1.165, 1.54) is 0 Å². The number of benzene rings is 2. The Morgan fingerprint density at radius 3 is 2.52 bits per heavy atom. The van der Waals surface area contributed by atoms with Crippen LogP contribution in [0.4, 0.5) is 5.69 Å². The number of carbonyl (C=O) groups excluding carboxylic acids is 1. The second-order valence-corrected chi connectivity index (χ2v) is 5.61. The molecule has 3 rings (SSSR count). The molecule has 1 heterocycles. The standard InChI is InChI=1S/C16H12IN3O/c17-15-4-2-1-3-14(15)16(21)19-12-5-7-13(8-6-12)20-10-9-18-11-20/h1-11H,(H,19,21). The van der Waals surface area contributed by atoms with Crippen molar-refractivity contribution in [3.05, 3.63) is 76.4 Å². The second kappa shape index (κ2) is 6.09. The van der Waals surface area contributed by atoms with Crippen molar-refractivity contribution in [2.24, 2.45) is 0 Å². The van der Waals surface area contributed by atoms with Crippen LogP contribution in [-0.2, 0) is 0 Å². The van der Waals surface area contributed by atoms with Gasteiger partial charge in [0.1, 0.15) is 0 Å². The SMILES string of the molecule is O=C(Nc1ccc(-n2ccnc2)cc1)c1ccccc1I. The molecule has 0 unspecified atom stereocenters. The fraction of sp³-hybridized carbons (Fsp3) is 0. The van der Waals surface area contributed by atoms with Crippen LogP contribution in [0.2, 0.25) is 0 Å². The molecule has 0 bridgehead atoms. The predicted octanol–water partition coefficient (Wildman–Crippen LogP) is 3.73. The van der Waals surface area contributed by atoms with Crippen LogP contribution in [0.25, 0.3) is 5.69 Å². The van der Waals surface area contributed by atoms with Gasteiger partial charge in [-0.25, -0.2) is 4.98 Å². The van der Waals surface area contributed by atoms with Crippen molar-refractivity contribution in [2.75, 3.05) is 5.32 Å². The molecule has 5 heteroatoms. The number of nitrogens with zero attached hydrogens (tertiary/aromatic N) is 2. The second-order valence-electron chi connectivity index (χ2n) is 4.45. The molecule has 0 aliphatic rings. The summed E-state index contributed by atoms with van der Waals surface area (Å²) < 4.78 is 2.84. The van der Waals surface area contributed by atoms with Gasteiger partial charge >= 0.3 is 0 Å². The highest BCUT2D eigenvalue weighted by molar-refractivity contribution is 14.1. The van der Waals surface area contributed by atoms with Crippen molar-refractivity contribution >= 4 is 34.2 Å². The first kappa shape index (κ1) is 13.8. The van der Waals surface area contributed by atoms with Gasteiger partial charge in [-0.2, -0.15) is 0 Å². The lowest BCUT2D eigenvalue weighted by molar-refractivity contribution is 0.102. The molecule has 0 atom stereocenters. The molecule has 0 saturated heterocycles. The van der Waals surface area contributed by atoms with Crippen LogP contribution >= 0.6 is 22.6 Å². The van der Waals surface area contributed by atoms with Crippen molar-refractivity contribution in [1.29, 1.82) is 0 Å². The predicted molar refractivity (Wildman–Crippen MR) is 90.7 cm³/mol. The zero-order chi connectivity index (χ0) is 14.7. The lowest BCUT2D eigenvalue weighted by Crippen LogP contribution is -2.13. The van der Waals surface area contributed by atoms with E-state index in [0.717, 1.165) is 14.9 Å². The number of hydrogen-bond acceptors (Lipinski definition) is 2. The molecular weight excluding hydrogens is 377 g/mol. The minimum atomic E-state index is -0.101. The van der Waals surface area contributed by atoms with Crippen LogP contribution in [0.15, 0.2) is 67.3 Å². The molecule has 1 aromatic heterocycles. The molecule has 0 fully saturated rings. The summed E-state index contributed by atoms with van der Waals surface area (Å²) in [7, 11) is 0. The van der Waals surface area contributed by atoms with E-state index in [1.807, 2.05) is 59.3 Å². The molecule has 1 amide bonds. The molecule has 1 N–H and O–H groups in total. The molecule has 3 aromatic rings. The third-order valence-electron chi connectivity index (χ3n) is 3.05. The Kier molecular flexibility index (Phi) is 4.01. The van der Waals surface area contributed by atoms with Crippen molar-refractivity contribution < 1.29 is 4.79 Å². The first-order valence-electron chi connectivity index (χ1n) is 6.38. The number of carbonyl (C=O) groups is 1. The van der Waals surface area contributed by atoms with Gasteiger partial charge in [0.25, 0.3) is 5.91 Å². The number of imidazole rings is 1. The first-order chi connectivity index (χ1) is 10.2. The van der Waals surface area contributed by atoms with Gasteiger partial charge in [-0.3, -0.25) is 4.79 Å². The Labute approximate surface area is 136 Å². The maximum atomic E-state index is 12.2. The minimum absolute atomic E-state index is 0.101. The zero-order valence-electron chi connectivity index (χ0n) is 11.0. The molecule has 0 spiro atoms. The third-order valence-corrected chi connectivity index (χ3v) is 3.99. The third kappa shape index (κ3) is 3.13. The van der Waals surface area contributed by atoms with Crippen LogP contribution in [0.1, 0.15) is 10.4 Å². The quantitative estimate of drug-likeness (QED) is 0.694. The maximum Gasteiger partial charge on any atom is 0.256 e. The smallest absolute Gasteiger partial charge is 0.256 e. The molecule has 0 saturated carbocycles. The topological polar surface area (TPSA) is 46.9 Å². The van der Waals surface area contributed by atoms with E-state index in [0.29, 0.717) is 5.56 Å². The van der Waals surface area contributed by atoms with Gasteiger partial charge in [0.15, 0.2) is 0 Å². The average molecular weight is 389 g/mol. The van der Waals surface area contributed by atoms with Crippen LogP contribution in [0, 0.1) is 3.57 Å². The molecular formula is C16H12IN3O. The minimum Gasteiger partial charge on any atom is -0.322 e. The van der Waals surface area contributed by atoms with E-state index >= 15 is 0 Å². The van der Waals surface area contributed by atoms with E-state index in [1.54, 1.807) is 12.5 Å². The van der Waals surface area contributed by atoms with Crippen molar-refractivity contribution in [3.63, 3.8) is 0 Å². The fourth-order valence-electron chi connectivity index (χ4n) is 1.97. The van der Waals surface area contributed by atoms with Gasteiger partial charge in [-0.05, 0) is 59.0 Å². The number of anilines is 1. The largest absolute Gasteiger partial charge is 0.322 e. The van der Waals surface area contributed by atoms with Crippen LogP contribution in [-0.4, -0.2) is 15.5 Å². The molecule has 4 nitrogen and oxygen atoms in total. The molecule has 104 valence electrons. The van der Waals surface area contributed by atoms with Crippen molar-refractivity contribution in [3.8, 4) is 5.69 Å². The maximum absolute atomic E-state index is 12.2. The lowest BCUT2D eigenvalue weighted by Gasteiger charge is -2.08. The van der Waals surface area contributed by atoms with E-state index in [2.05, 4.69) is 32.9 Å². The van der Waals surface area contributed by atoms with E-state index in [9.17, 15) is 4.79 Å². The Hall–Kier alpha value is -2.15. The van der Waals surface area contributed by atoms with Crippen molar-refractivity contribution in [1.82, 2.24) is 9.55 Å². The highest BCUT2D eigenvalue weighted by Gasteiger charge is 2.09. The van der Waals surface area contributed by atoms with Gasteiger partial charge in [0.2, 0.25) is 0 Å². The summed E-state index contributed by atoms with van der Waals surface area (Å²) in [6.07, 6.45) is 5.34. The molecule has 0 radical (unpaired) electrons. The zero-order valence-corrected chi connectivity index (χ0v) is 13.2. The summed E-state index contributed by atoms with van der Waals surface area (Å²) >= 11 is 2.16. The average Bonchev–Trinajstić information content (AvgIpc) is 3.02. The molecule has 0 aliphatic carbocycles. The van der Waals surface area contributed by atoms with Crippen LogP contribution in [0.3, 0.4) is 0 Å². The Morgan fingerprint density at radius 1 is 1.10 bits per heavy atom. The molecule has 21 heavy (non-hydrogen) atoms. The summed E-state index contributed by atoms with van der Waals surface area (Å²) in [6.45, 7) is 0. The first-order valence-corrected chi connectivity index (χ1v) is 7.46. The van der Waals surface area contributed by atoms with Gasteiger partial charge in [0.05, 0.1) is 11.9 Å². The Morgan fingerprint density at radius 2 is 1.86 bits per heavy atom. The summed E-state index contributed by atoms with van der Waals surface area (Å²) in [5.41, 5.74) is 2.44. The Bertz CT molecular complexity index is 751. The number of rotatable bonds is 3. The summed E-state index contributed by atoms with van der Waals surface area (Å²) in [6, 6.07) is 15.1. The fourth-order valence-corrected chi connectivity index (χ4v) is 2.60. The summed E-state index contributed by atoms with van der Waals surface area (Å²) in [4.78, 5) is 16.2. The molecule has 0 aliphatic heterocycles. The summed E-state index contributed by atoms with van der Waals surface area (Å²) in [5, 5.41) is 2.90. The van der Waals surface area contributed by atoms with Crippen LogP contribution < -0.4 is 5.32 Å². The number of hydrogen-bond donors (Lipinski definition) is 1. The van der Waals surface area contributed by atoms with Gasteiger partial charge in [0, 0.05) is 27.3 Å². The van der Waals surface area contributed by atoms with E-state index in [-0.39, 0.29) is 5.91 Å². The monoisotopic (exact) mass is 389 g/mol. The van der Waals surface area contributed by atoms with E-state index < -0.39 is 0 Å². The normalized spacial score (nSPS) is 10.3. The van der Waals surface area contributed by atoms with E-state index in [4.69, 9.17) is 0 Å². The highest BCUT2D eigenvalue weighted by Crippen LogP contribution is 2.16. The number of amides is 1. The number of nitrogens with one attached hydrogen (secondary N) is 1. The number of aromatic nitrogens is 2. The highest BCUT2D eigenvalue weighted by atomic mass is 127. The lowest BCUT2D eigenvalue weighted by atomic mass is 10.2. The van der Waals surface area contributed by atoms with Gasteiger partial charge < -0.3 is 9.88 Å². The number of halogens is 1. The van der Waals surface area contributed by atoms with Gasteiger partial charge in [-0.1, -0.05) is 12.1 Å². The Balaban J connectivity index is 1.77. The van der Waals surface area contributed by atoms with Crippen molar-refractivity contribution in [2.45, 2.75) is 0 Å². The van der Waals surface area contributed by atoms with Gasteiger partial charge in [-0.15, -0.1) is 0 Å². The van der Waals surface area contributed by atoms with Crippen LogP contribution in [0.5, 0.6) is 0 Å². The summed E-state index contributed by atoms with van der Waals surface area (Å²) in [5.74, 6) is -0.101. The molecule has 2 aromatic carbocycles.